The van der Waals surface area contributed by atoms with Crippen LogP contribution in [0.25, 0.3) is 0 Å². The molecule has 2 rings (SSSR count). The zero-order chi connectivity index (χ0) is 14.7. The first kappa shape index (κ1) is 15.2. The summed E-state index contributed by atoms with van der Waals surface area (Å²) < 4.78 is 0. The van der Waals surface area contributed by atoms with Crippen LogP contribution in [-0.4, -0.2) is 23.7 Å². The van der Waals surface area contributed by atoms with Crippen molar-refractivity contribution in [2.45, 2.75) is 45.6 Å². The molecule has 0 amide bonds. The number of nitrogens with zero attached hydrogens (tertiary/aromatic N) is 1. The predicted octanol–water partition coefficient (Wildman–Crippen LogP) is 4.44. The van der Waals surface area contributed by atoms with Crippen molar-refractivity contribution in [1.82, 2.24) is 0 Å². The van der Waals surface area contributed by atoms with Gasteiger partial charge in [-0.25, -0.2) is 4.79 Å². The van der Waals surface area contributed by atoms with Crippen molar-refractivity contribution in [3.8, 4) is 0 Å². The number of carboxylic acids is 1. The Balaban J connectivity index is 2.44. The minimum absolute atomic E-state index is 0.310. The van der Waals surface area contributed by atoms with E-state index in [-0.39, 0.29) is 0 Å². The zero-order valence-electron chi connectivity index (χ0n) is 12.1. The van der Waals surface area contributed by atoms with Crippen LogP contribution in [0.5, 0.6) is 0 Å². The lowest BCUT2D eigenvalue weighted by Crippen LogP contribution is -2.37. The fourth-order valence-corrected chi connectivity index (χ4v) is 3.30. The second-order valence-corrected chi connectivity index (χ2v) is 6.33. The first-order chi connectivity index (χ1) is 9.50. The Labute approximate surface area is 125 Å². The van der Waals surface area contributed by atoms with Crippen LogP contribution in [0.1, 0.15) is 49.9 Å². The lowest BCUT2D eigenvalue weighted by atomic mass is 10.1. The summed E-state index contributed by atoms with van der Waals surface area (Å²) in [6.45, 7) is 5.15. The Kier molecular flexibility index (Phi) is 4.92. The molecule has 0 heterocycles. The topological polar surface area (TPSA) is 40.5 Å². The molecule has 3 nitrogen and oxygen atoms in total. The Morgan fingerprint density at radius 3 is 2.60 bits per heavy atom. The molecule has 0 saturated heterocycles. The van der Waals surface area contributed by atoms with E-state index >= 15 is 0 Å². The molecule has 0 spiro atoms. The van der Waals surface area contributed by atoms with E-state index in [2.05, 4.69) is 18.7 Å². The van der Waals surface area contributed by atoms with E-state index in [9.17, 15) is 9.90 Å². The molecule has 0 bridgehead atoms. The quantitative estimate of drug-likeness (QED) is 0.873. The summed E-state index contributed by atoms with van der Waals surface area (Å²) in [6.07, 6.45) is 4.67. The molecule has 4 heteroatoms. The van der Waals surface area contributed by atoms with Gasteiger partial charge < -0.3 is 10.0 Å². The third kappa shape index (κ3) is 3.26. The van der Waals surface area contributed by atoms with Crippen LogP contribution in [0.3, 0.4) is 0 Å². The number of benzene rings is 1. The van der Waals surface area contributed by atoms with E-state index < -0.39 is 5.97 Å². The number of rotatable bonds is 5. The largest absolute Gasteiger partial charge is 0.478 e. The van der Waals surface area contributed by atoms with Gasteiger partial charge in [0.1, 0.15) is 0 Å². The van der Waals surface area contributed by atoms with Crippen molar-refractivity contribution in [3.05, 3.63) is 28.8 Å². The van der Waals surface area contributed by atoms with Gasteiger partial charge in [0, 0.05) is 12.6 Å². The normalized spacial score (nSPS) is 15.8. The summed E-state index contributed by atoms with van der Waals surface area (Å²) in [5.74, 6) is -0.442. The van der Waals surface area contributed by atoms with Crippen LogP contribution in [0, 0.1) is 5.92 Å². The maximum Gasteiger partial charge on any atom is 0.337 e. The van der Waals surface area contributed by atoms with Gasteiger partial charge in [-0.3, -0.25) is 0 Å². The maximum absolute atomic E-state index is 11.5. The molecule has 110 valence electrons. The minimum Gasteiger partial charge on any atom is -0.478 e. The summed E-state index contributed by atoms with van der Waals surface area (Å²) in [7, 11) is 0. The van der Waals surface area contributed by atoms with Crippen LogP contribution in [0.15, 0.2) is 18.2 Å². The van der Waals surface area contributed by atoms with Gasteiger partial charge in [-0.1, -0.05) is 44.4 Å². The van der Waals surface area contributed by atoms with Crippen LogP contribution >= 0.6 is 11.6 Å². The van der Waals surface area contributed by atoms with Gasteiger partial charge in [-0.15, -0.1) is 0 Å². The van der Waals surface area contributed by atoms with E-state index in [4.69, 9.17) is 11.6 Å². The number of halogens is 1. The second-order valence-electron chi connectivity index (χ2n) is 5.93. The second kappa shape index (κ2) is 6.49. The van der Waals surface area contributed by atoms with Crippen LogP contribution in [0.4, 0.5) is 5.69 Å². The maximum atomic E-state index is 11.5. The van der Waals surface area contributed by atoms with Crippen molar-refractivity contribution in [3.63, 3.8) is 0 Å². The molecule has 0 radical (unpaired) electrons. The smallest absolute Gasteiger partial charge is 0.337 e. The summed E-state index contributed by atoms with van der Waals surface area (Å²) in [4.78, 5) is 13.7. The summed E-state index contributed by atoms with van der Waals surface area (Å²) in [5.41, 5.74) is 1.01. The Bertz CT molecular complexity index is 481. The average Bonchev–Trinajstić information content (AvgIpc) is 2.89. The molecule has 1 aromatic carbocycles. The Hall–Kier alpha value is -1.22. The third-order valence-electron chi connectivity index (χ3n) is 3.83. The first-order valence-electron chi connectivity index (χ1n) is 7.29. The van der Waals surface area contributed by atoms with Gasteiger partial charge in [0.15, 0.2) is 0 Å². The van der Waals surface area contributed by atoms with Gasteiger partial charge in [0.25, 0.3) is 0 Å². The SMILES string of the molecule is CC(C)CN(c1c(Cl)cccc1C(=O)O)C1CCCC1. The van der Waals surface area contributed by atoms with Gasteiger partial charge in [0.2, 0.25) is 0 Å². The molecule has 0 atom stereocenters. The van der Waals surface area contributed by atoms with Crippen LogP contribution in [-0.2, 0) is 0 Å². The molecule has 1 aliphatic rings. The molecule has 1 aliphatic carbocycles. The highest BCUT2D eigenvalue weighted by Crippen LogP contribution is 2.36. The molecule has 1 N–H and O–H groups in total. The fraction of sp³-hybridized carbons (Fsp3) is 0.562. The highest BCUT2D eigenvalue weighted by molar-refractivity contribution is 6.34. The van der Waals surface area contributed by atoms with E-state index in [1.54, 1.807) is 18.2 Å². The standard InChI is InChI=1S/C16H22ClNO2/c1-11(2)10-18(12-6-3-4-7-12)15-13(16(19)20)8-5-9-14(15)17/h5,8-9,11-12H,3-4,6-7,10H2,1-2H3,(H,19,20). The van der Waals surface area contributed by atoms with Crippen LogP contribution < -0.4 is 4.90 Å². The van der Waals surface area contributed by atoms with E-state index in [1.165, 1.54) is 12.8 Å². The molecule has 0 unspecified atom stereocenters. The van der Waals surface area contributed by atoms with Gasteiger partial charge in [0.05, 0.1) is 16.3 Å². The summed E-state index contributed by atoms with van der Waals surface area (Å²) in [5, 5.41) is 9.97. The zero-order valence-corrected chi connectivity index (χ0v) is 12.9. The van der Waals surface area contributed by atoms with Crippen molar-refractivity contribution < 1.29 is 9.90 Å². The van der Waals surface area contributed by atoms with E-state index in [1.807, 2.05) is 0 Å². The monoisotopic (exact) mass is 295 g/mol. The molecule has 20 heavy (non-hydrogen) atoms. The number of para-hydroxylation sites is 1. The molecule has 1 saturated carbocycles. The number of anilines is 1. The van der Waals surface area contributed by atoms with Crippen molar-refractivity contribution in [2.24, 2.45) is 5.92 Å². The van der Waals surface area contributed by atoms with Crippen molar-refractivity contribution in [2.75, 3.05) is 11.4 Å². The number of aromatic carboxylic acids is 1. The highest BCUT2D eigenvalue weighted by atomic mass is 35.5. The Morgan fingerprint density at radius 2 is 2.05 bits per heavy atom. The fourth-order valence-electron chi connectivity index (χ4n) is 3.01. The van der Waals surface area contributed by atoms with E-state index in [0.29, 0.717) is 28.2 Å². The van der Waals surface area contributed by atoms with Crippen molar-refractivity contribution >= 4 is 23.3 Å². The Morgan fingerprint density at radius 1 is 1.40 bits per heavy atom. The molecule has 1 aromatic rings. The number of hydrogen-bond acceptors (Lipinski definition) is 2. The molecular weight excluding hydrogens is 274 g/mol. The molecule has 0 aromatic heterocycles. The van der Waals surface area contributed by atoms with Gasteiger partial charge >= 0.3 is 5.97 Å². The summed E-state index contributed by atoms with van der Waals surface area (Å²) >= 11 is 6.33. The molecule has 1 fully saturated rings. The molecular formula is C16H22ClNO2. The van der Waals surface area contributed by atoms with Crippen molar-refractivity contribution in [1.29, 1.82) is 0 Å². The number of hydrogen-bond donors (Lipinski definition) is 1. The lowest BCUT2D eigenvalue weighted by molar-refractivity contribution is 0.0697. The average molecular weight is 296 g/mol. The minimum atomic E-state index is -0.908. The first-order valence-corrected chi connectivity index (χ1v) is 7.67. The number of carbonyl (C=O) groups is 1. The third-order valence-corrected chi connectivity index (χ3v) is 4.14. The van der Waals surface area contributed by atoms with Gasteiger partial charge in [-0.2, -0.15) is 0 Å². The molecule has 0 aliphatic heterocycles. The van der Waals surface area contributed by atoms with E-state index in [0.717, 1.165) is 19.4 Å². The highest BCUT2D eigenvalue weighted by Gasteiger charge is 2.28. The predicted molar refractivity (Wildman–Crippen MR) is 82.9 cm³/mol. The lowest BCUT2D eigenvalue weighted by Gasteiger charge is -2.34. The number of carboxylic acid groups (broad SMARTS) is 1. The summed E-state index contributed by atoms with van der Waals surface area (Å²) in [6, 6.07) is 5.55. The van der Waals surface area contributed by atoms with Gasteiger partial charge in [-0.05, 0) is 30.9 Å². The van der Waals surface area contributed by atoms with Crippen LogP contribution in [0.2, 0.25) is 5.02 Å².